The number of thiazole rings is 1. The van der Waals surface area contributed by atoms with E-state index in [2.05, 4.69) is 15.6 Å². The molecule has 1 aromatic heterocycles. The first-order valence-electron chi connectivity index (χ1n) is 6.75. The van der Waals surface area contributed by atoms with Crippen molar-refractivity contribution in [2.75, 3.05) is 23.9 Å². The molecule has 1 rings (SSSR count). The number of nitrogens with two attached hydrogens (primary N) is 1. The number of carbonyl (C=O) groups is 1. The molecule has 0 saturated heterocycles. The molecule has 0 aliphatic rings. The van der Waals surface area contributed by atoms with E-state index in [1.165, 1.54) is 11.3 Å². The van der Waals surface area contributed by atoms with E-state index in [4.69, 9.17) is 5.73 Å². The molecule has 0 saturated carbocycles. The summed E-state index contributed by atoms with van der Waals surface area (Å²) < 4.78 is 11.2. The Morgan fingerprint density at radius 1 is 1.48 bits per heavy atom. The number of nitrogens with one attached hydrogen (secondary N) is 2. The molecular formula is C13H24N4O2S2. The van der Waals surface area contributed by atoms with Gasteiger partial charge in [-0.05, 0) is 27.2 Å². The Balaban J connectivity index is 2.60. The zero-order valence-electron chi connectivity index (χ0n) is 13.1. The van der Waals surface area contributed by atoms with Crippen molar-refractivity contribution < 1.29 is 9.00 Å². The van der Waals surface area contributed by atoms with E-state index in [-0.39, 0.29) is 22.5 Å². The minimum Gasteiger partial charge on any atom is -0.382 e. The molecule has 4 N–H and O–H groups in total. The maximum Gasteiger partial charge on any atom is 0.265 e. The second-order valence-corrected chi connectivity index (χ2v) is 8.76. The summed E-state index contributed by atoms with van der Waals surface area (Å²) in [7, 11) is -0.877. The van der Waals surface area contributed by atoms with Gasteiger partial charge in [-0.2, -0.15) is 0 Å². The van der Waals surface area contributed by atoms with Crippen LogP contribution in [0.5, 0.6) is 0 Å². The Morgan fingerprint density at radius 2 is 2.10 bits per heavy atom. The highest BCUT2D eigenvalue weighted by molar-refractivity contribution is 7.84. The highest BCUT2D eigenvalue weighted by Crippen LogP contribution is 2.27. The van der Waals surface area contributed by atoms with Crippen LogP contribution in [0.3, 0.4) is 0 Å². The van der Waals surface area contributed by atoms with Gasteiger partial charge in [-0.25, -0.2) is 4.98 Å². The molecule has 2 unspecified atom stereocenters. The normalized spacial score (nSPS) is 14.5. The van der Waals surface area contributed by atoms with Crippen molar-refractivity contribution in [3.05, 3.63) is 4.88 Å². The SMILES string of the molecule is CC(CCNC(=O)c1sc(NC(C)(C)C)nc1N)S(C)=O. The minimum atomic E-state index is -0.877. The molecular weight excluding hydrogens is 308 g/mol. The number of nitrogens with zero attached hydrogens (tertiary/aromatic N) is 1. The van der Waals surface area contributed by atoms with Gasteiger partial charge in [0.2, 0.25) is 0 Å². The van der Waals surface area contributed by atoms with Crippen molar-refractivity contribution in [1.82, 2.24) is 10.3 Å². The highest BCUT2D eigenvalue weighted by atomic mass is 32.2. The van der Waals surface area contributed by atoms with E-state index < -0.39 is 10.8 Å². The largest absolute Gasteiger partial charge is 0.382 e. The summed E-state index contributed by atoms with van der Waals surface area (Å²) in [6.07, 6.45) is 2.33. The standard InChI is InChI=1S/C13H24N4O2S2/c1-8(21(5)19)6-7-15-11(18)9-10(14)16-12(20-9)17-13(2,3)4/h8H,6-7,14H2,1-5H3,(H,15,18)(H,16,17). The van der Waals surface area contributed by atoms with Crippen LogP contribution in [0.4, 0.5) is 10.9 Å². The van der Waals surface area contributed by atoms with Crippen LogP contribution in [-0.2, 0) is 10.8 Å². The van der Waals surface area contributed by atoms with Gasteiger partial charge in [-0.15, -0.1) is 0 Å². The lowest BCUT2D eigenvalue weighted by molar-refractivity contribution is 0.0958. The third kappa shape index (κ3) is 6.01. The first-order valence-corrected chi connectivity index (χ1v) is 9.19. The molecule has 8 heteroatoms. The second kappa shape index (κ2) is 7.22. The summed E-state index contributed by atoms with van der Waals surface area (Å²) in [4.78, 5) is 16.6. The average molecular weight is 332 g/mol. The number of anilines is 2. The number of amides is 1. The minimum absolute atomic E-state index is 0.0576. The first-order chi connectivity index (χ1) is 9.60. The fourth-order valence-corrected chi connectivity index (χ4v) is 2.96. The van der Waals surface area contributed by atoms with Crippen LogP contribution in [0.15, 0.2) is 0 Å². The number of hydrogen-bond acceptors (Lipinski definition) is 6. The van der Waals surface area contributed by atoms with E-state index in [0.29, 0.717) is 23.0 Å². The van der Waals surface area contributed by atoms with E-state index >= 15 is 0 Å². The van der Waals surface area contributed by atoms with Gasteiger partial charge in [-0.1, -0.05) is 18.3 Å². The number of hydrogen-bond donors (Lipinski definition) is 3. The molecule has 0 aliphatic heterocycles. The van der Waals surface area contributed by atoms with Gasteiger partial charge in [0, 0.05) is 34.4 Å². The van der Waals surface area contributed by atoms with Crippen LogP contribution < -0.4 is 16.4 Å². The smallest absolute Gasteiger partial charge is 0.265 e. The van der Waals surface area contributed by atoms with Crippen molar-refractivity contribution in [2.45, 2.75) is 44.9 Å². The van der Waals surface area contributed by atoms with Gasteiger partial charge < -0.3 is 16.4 Å². The molecule has 0 fully saturated rings. The average Bonchev–Trinajstić information content (AvgIpc) is 2.67. The van der Waals surface area contributed by atoms with Crippen molar-refractivity contribution >= 4 is 39.0 Å². The zero-order chi connectivity index (χ0) is 16.2. The van der Waals surface area contributed by atoms with E-state index in [0.717, 1.165) is 0 Å². The monoisotopic (exact) mass is 332 g/mol. The Bertz CT molecular complexity index is 523. The van der Waals surface area contributed by atoms with Crippen LogP contribution in [0.25, 0.3) is 0 Å². The molecule has 0 aliphatic carbocycles. The van der Waals surface area contributed by atoms with Crippen molar-refractivity contribution in [3.63, 3.8) is 0 Å². The molecule has 0 bridgehead atoms. The molecule has 1 aromatic rings. The Morgan fingerprint density at radius 3 is 2.62 bits per heavy atom. The zero-order valence-corrected chi connectivity index (χ0v) is 14.8. The molecule has 2 atom stereocenters. The first kappa shape index (κ1) is 17.9. The fourth-order valence-electron chi connectivity index (χ4n) is 1.50. The molecule has 0 aromatic carbocycles. The number of aromatic nitrogens is 1. The number of carbonyl (C=O) groups excluding carboxylic acids is 1. The summed E-state index contributed by atoms with van der Waals surface area (Å²) in [5.74, 6) is -0.00240. The summed E-state index contributed by atoms with van der Waals surface area (Å²) in [5.41, 5.74) is 5.65. The number of nitrogen functional groups attached to an aromatic ring is 1. The summed E-state index contributed by atoms with van der Waals surface area (Å²) in [5, 5.41) is 6.67. The maximum atomic E-state index is 12.1. The van der Waals surface area contributed by atoms with Gasteiger partial charge in [0.25, 0.3) is 5.91 Å². The summed E-state index contributed by atoms with van der Waals surface area (Å²) in [6, 6.07) is 0. The van der Waals surface area contributed by atoms with Crippen LogP contribution in [-0.4, -0.2) is 38.7 Å². The van der Waals surface area contributed by atoms with Gasteiger partial charge in [0.15, 0.2) is 5.13 Å². The Labute approximate surface area is 132 Å². The summed E-state index contributed by atoms with van der Waals surface area (Å²) in [6.45, 7) is 8.40. The number of rotatable bonds is 6. The van der Waals surface area contributed by atoms with E-state index in [1.807, 2.05) is 27.7 Å². The highest BCUT2D eigenvalue weighted by Gasteiger charge is 2.19. The van der Waals surface area contributed by atoms with Crippen molar-refractivity contribution in [3.8, 4) is 0 Å². The Kier molecular flexibility index (Phi) is 6.15. The molecule has 0 spiro atoms. The fraction of sp³-hybridized carbons (Fsp3) is 0.692. The van der Waals surface area contributed by atoms with Gasteiger partial charge >= 0.3 is 0 Å². The lowest BCUT2D eigenvalue weighted by Gasteiger charge is -2.19. The van der Waals surface area contributed by atoms with Crippen LogP contribution in [0.2, 0.25) is 0 Å². The van der Waals surface area contributed by atoms with Crippen LogP contribution >= 0.6 is 11.3 Å². The van der Waals surface area contributed by atoms with Crippen LogP contribution in [0.1, 0.15) is 43.8 Å². The predicted octanol–water partition coefficient (Wildman–Crippen LogP) is 1.82. The molecule has 6 nitrogen and oxygen atoms in total. The molecule has 21 heavy (non-hydrogen) atoms. The van der Waals surface area contributed by atoms with Gasteiger partial charge in [-0.3, -0.25) is 9.00 Å². The van der Waals surface area contributed by atoms with Gasteiger partial charge in [0.05, 0.1) is 0 Å². The Hall–Kier alpha value is -1.15. The third-order valence-electron chi connectivity index (χ3n) is 2.74. The summed E-state index contributed by atoms with van der Waals surface area (Å²) >= 11 is 1.24. The molecule has 0 radical (unpaired) electrons. The van der Waals surface area contributed by atoms with E-state index in [9.17, 15) is 9.00 Å². The predicted molar refractivity (Wildman–Crippen MR) is 90.4 cm³/mol. The van der Waals surface area contributed by atoms with Crippen LogP contribution in [0, 0.1) is 0 Å². The molecule has 1 amide bonds. The van der Waals surface area contributed by atoms with E-state index in [1.54, 1.807) is 6.26 Å². The third-order valence-corrected chi connectivity index (χ3v) is 5.10. The lowest BCUT2D eigenvalue weighted by Crippen LogP contribution is -2.27. The molecule has 1 heterocycles. The quantitative estimate of drug-likeness (QED) is 0.738. The second-order valence-electron chi connectivity index (χ2n) is 5.96. The maximum absolute atomic E-state index is 12.1. The van der Waals surface area contributed by atoms with Crippen molar-refractivity contribution in [1.29, 1.82) is 0 Å². The van der Waals surface area contributed by atoms with Crippen molar-refractivity contribution in [2.24, 2.45) is 0 Å². The topological polar surface area (TPSA) is 97.1 Å². The van der Waals surface area contributed by atoms with Gasteiger partial charge in [0.1, 0.15) is 10.7 Å². The molecule has 120 valence electrons. The lowest BCUT2D eigenvalue weighted by atomic mass is 10.1.